The number of hydrogen-bond donors (Lipinski definition) is 0. The molecule has 30 heavy (non-hydrogen) atoms. The van der Waals surface area contributed by atoms with Crippen LogP contribution in [-0.2, 0) is 9.53 Å². The molecule has 0 N–H and O–H groups in total. The fourth-order valence-electron chi connectivity index (χ4n) is 5.86. The Bertz CT molecular complexity index is 494. The number of ether oxygens (including phenoxy) is 1. The predicted molar refractivity (Wildman–Crippen MR) is 130 cm³/mol. The fraction of sp³-hybridized carbons (Fsp3) is 0.964. The maximum Gasteiger partial charge on any atom is 0.309 e. The van der Waals surface area contributed by atoms with E-state index in [1.165, 1.54) is 44.9 Å². The summed E-state index contributed by atoms with van der Waals surface area (Å²) in [5, 5.41) is 0. The summed E-state index contributed by atoms with van der Waals surface area (Å²) in [5.41, 5.74) is 0.691. The molecule has 1 aliphatic rings. The van der Waals surface area contributed by atoms with Crippen LogP contribution in [0, 0.1) is 46.3 Å². The van der Waals surface area contributed by atoms with E-state index < -0.39 is 0 Å². The third kappa shape index (κ3) is 10.7. The van der Waals surface area contributed by atoms with Crippen LogP contribution in [0.2, 0.25) is 0 Å². The second-order valence-corrected chi connectivity index (χ2v) is 13.4. The number of carbonyl (C=O) groups is 1. The lowest BCUT2D eigenvalue weighted by Gasteiger charge is -2.34. The Hall–Kier alpha value is -0.530. The topological polar surface area (TPSA) is 26.3 Å². The number of carbonyl (C=O) groups excluding carboxylic acids is 1. The van der Waals surface area contributed by atoms with Crippen molar-refractivity contribution in [2.24, 2.45) is 46.3 Å². The van der Waals surface area contributed by atoms with Gasteiger partial charge in [-0.1, -0.05) is 88.5 Å². The first kappa shape index (κ1) is 27.5. The van der Waals surface area contributed by atoms with E-state index >= 15 is 0 Å². The molecule has 5 unspecified atom stereocenters. The highest BCUT2D eigenvalue weighted by atomic mass is 16.5. The van der Waals surface area contributed by atoms with Crippen molar-refractivity contribution in [1.82, 2.24) is 0 Å². The van der Waals surface area contributed by atoms with Crippen molar-refractivity contribution >= 4 is 5.97 Å². The minimum absolute atomic E-state index is 0.0871. The smallest absolute Gasteiger partial charge is 0.309 e. The predicted octanol–water partition coefficient (Wildman–Crippen LogP) is 8.53. The van der Waals surface area contributed by atoms with Gasteiger partial charge >= 0.3 is 5.97 Å². The van der Waals surface area contributed by atoms with E-state index in [0.717, 1.165) is 6.42 Å². The molecule has 0 spiro atoms. The molecule has 1 fully saturated rings. The molecule has 0 saturated heterocycles. The van der Waals surface area contributed by atoms with E-state index in [1.54, 1.807) is 0 Å². The van der Waals surface area contributed by atoms with Crippen molar-refractivity contribution in [3.05, 3.63) is 0 Å². The number of rotatable bonds is 10. The molecular weight excluding hydrogens is 368 g/mol. The van der Waals surface area contributed by atoms with Crippen molar-refractivity contribution in [3.63, 3.8) is 0 Å². The van der Waals surface area contributed by atoms with Crippen LogP contribution in [0.25, 0.3) is 0 Å². The van der Waals surface area contributed by atoms with Gasteiger partial charge in [0.25, 0.3) is 0 Å². The average molecular weight is 423 g/mol. The van der Waals surface area contributed by atoms with Crippen LogP contribution in [0.5, 0.6) is 0 Å². The normalized spacial score (nSPS) is 23.8. The molecule has 0 aromatic rings. The third-order valence-electron chi connectivity index (χ3n) is 7.15. The summed E-state index contributed by atoms with van der Waals surface area (Å²) in [7, 11) is 0. The Balaban J connectivity index is 2.72. The first-order valence-electron chi connectivity index (χ1n) is 12.9. The van der Waals surface area contributed by atoms with Gasteiger partial charge in [-0.05, 0) is 72.5 Å². The van der Waals surface area contributed by atoms with Crippen molar-refractivity contribution in [1.29, 1.82) is 0 Å². The van der Waals surface area contributed by atoms with Gasteiger partial charge in [-0.2, -0.15) is 0 Å². The standard InChI is InChI=1S/C28H54O2/c1-20(2)24-13-11-12-14-25(24)26(29)30-19-23(22(4)18-28(8,9)10)16-15-21(3)17-27(5,6)7/h20-25H,11-19H2,1-10H3. The minimum Gasteiger partial charge on any atom is -0.465 e. The van der Waals surface area contributed by atoms with Gasteiger partial charge in [-0.15, -0.1) is 0 Å². The summed E-state index contributed by atoms with van der Waals surface area (Å²) in [6.07, 6.45) is 9.48. The molecule has 0 aromatic carbocycles. The highest BCUT2D eigenvalue weighted by Crippen LogP contribution is 2.37. The van der Waals surface area contributed by atoms with Gasteiger partial charge in [-0.25, -0.2) is 0 Å². The van der Waals surface area contributed by atoms with Crippen LogP contribution < -0.4 is 0 Å². The number of esters is 1. The minimum atomic E-state index is 0.0871. The largest absolute Gasteiger partial charge is 0.465 e. The number of hydrogen-bond acceptors (Lipinski definition) is 2. The van der Waals surface area contributed by atoms with Crippen LogP contribution in [0.3, 0.4) is 0 Å². The van der Waals surface area contributed by atoms with Gasteiger partial charge in [0.2, 0.25) is 0 Å². The zero-order chi connectivity index (χ0) is 23.1. The van der Waals surface area contributed by atoms with E-state index in [-0.39, 0.29) is 11.9 Å². The molecule has 178 valence electrons. The Morgan fingerprint density at radius 1 is 0.867 bits per heavy atom. The lowest BCUT2D eigenvalue weighted by molar-refractivity contribution is -0.154. The molecule has 0 radical (unpaired) electrons. The highest BCUT2D eigenvalue weighted by molar-refractivity contribution is 5.73. The third-order valence-corrected chi connectivity index (χ3v) is 7.15. The molecule has 0 aliphatic heterocycles. The lowest BCUT2D eigenvalue weighted by atomic mass is 9.73. The Kier molecular flexibility index (Phi) is 10.9. The second kappa shape index (κ2) is 11.9. The van der Waals surface area contributed by atoms with Gasteiger partial charge < -0.3 is 4.74 Å². The Morgan fingerprint density at radius 3 is 1.97 bits per heavy atom. The summed E-state index contributed by atoms with van der Waals surface area (Å²) in [6.45, 7) is 23.9. The van der Waals surface area contributed by atoms with E-state index in [9.17, 15) is 4.79 Å². The summed E-state index contributed by atoms with van der Waals surface area (Å²) < 4.78 is 6.05. The van der Waals surface area contributed by atoms with Gasteiger partial charge in [0.1, 0.15) is 0 Å². The molecule has 5 atom stereocenters. The molecule has 1 aliphatic carbocycles. The zero-order valence-corrected chi connectivity index (χ0v) is 22.1. The Labute approximate surface area is 189 Å². The summed E-state index contributed by atoms with van der Waals surface area (Å²) in [4.78, 5) is 13.0. The van der Waals surface area contributed by atoms with E-state index in [0.29, 0.717) is 47.0 Å². The van der Waals surface area contributed by atoms with Gasteiger partial charge in [-0.3, -0.25) is 4.79 Å². The molecule has 2 nitrogen and oxygen atoms in total. The van der Waals surface area contributed by atoms with Crippen molar-refractivity contribution < 1.29 is 9.53 Å². The zero-order valence-electron chi connectivity index (χ0n) is 22.1. The summed E-state index contributed by atoms with van der Waals surface area (Å²) in [5.74, 6) is 3.04. The van der Waals surface area contributed by atoms with Gasteiger partial charge in [0, 0.05) is 0 Å². The molecule has 2 heteroatoms. The molecule has 0 heterocycles. The average Bonchev–Trinajstić information content (AvgIpc) is 2.58. The van der Waals surface area contributed by atoms with Crippen LogP contribution >= 0.6 is 0 Å². The van der Waals surface area contributed by atoms with Gasteiger partial charge in [0.15, 0.2) is 0 Å². The van der Waals surface area contributed by atoms with E-state index in [2.05, 4.69) is 69.2 Å². The summed E-state index contributed by atoms with van der Waals surface area (Å²) >= 11 is 0. The molecule has 1 saturated carbocycles. The van der Waals surface area contributed by atoms with Crippen LogP contribution in [0.1, 0.15) is 121 Å². The van der Waals surface area contributed by atoms with E-state index in [1.807, 2.05) is 0 Å². The molecule has 1 rings (SSSR count). The van der Waals surface area contributed by atoms with Crippen molar-refractivity contribution in [2.75, 3.05) is 6.61 Å². The van der Waals surface area contributed by atoms with Crippen LogP contribution in [-0.4, -0.2) is 12.6 Å². The van der Waals surface area contributed by atoms with Crippen molar-refractivity contribution in [2.45, 2.75) is 121 Å². The first-order chi connectivity index (χ1) is 13.7. The molecule has 0 amide bonds. The Morgan fingerprint density at radius 2 is 1.43 bits per heavy atom. The monoisotopic (exact) mass is 422 g/mol. The highest BCUT2D eigenvalue weighted by Gasteiger charge is 2.34. The molecule has 0 bridgehead atoms. The SMILES string of the molecule is CC(CCC(COC(=O)C1CCCCC1C(C)C)C(C)CC(C)(C)C)CC(C)(C)C. The second-order valence-electron chi connectivity index (χ2n) is 13.4. The maximum absolute atomic E-state index is 13.0. The fourth-order valence-corrected chi connectivity index (χ4v) is 5.86. The van der Waals surface area contributed by atoms with Crippen molar-refractivity contribution in [3.8, 4) is 0 Å². The molecule has 0 aromatic heterocycles. The van der Waals surface area contributed by atoms with E-state index in [4.69, 9.17) is 4.74 Å². The first-order valence-corrected chi connectivity index (χ1v) is 12.9. The quantitative estimate of drug-likeness (QED) is 0.330. The van der Waals surface area contributed by atoms with Crippen LogP contribution in [0.4, 0.5) is 0 Å². The summed E-state index contributed by atoms with van der Waals surface area (Å²) in [6, 6.07) is 0. The lowest BCUT2D eigenvalue weighted by Crippen LogP contribution is -2.33. The van der Waals surface area contributed by atoms with Gasteiger partial charge in [0.05, 0.1) is 12.5 Å². The van der Waals surface area contributed by atoms with Crippen LogP contribution in [0.15, 0.2) is 0 Å². The maximum atomic E-state index is 13.0. The molecular formula is C28H54O2.